The molecule has 192 valence electrons. The summed E-state index contributed by atoms with van der Waals surface area (Å²) in [6.45, 7) is 2.08. The Labute approximate surface area is 211 Å². The Balaban J connectivity index is 1.61. The number of carbonyl (C=O) groups excluding carboxylic acids is 3. The first kappa shape index (κ1) is 27.2. The first-order valence-corrected chi connectivity index (χ1v) is 13.1. The lowest BCUT2D eigenvalue weighted by Crippen LogP contribution is -2.54. The molecule has 0 aliphatic carbocycles. The number of hydrogen-bond donors (Lipinski definition) is 5. The van der Waals surface area contributed by atoms with Crippen molar-refractivity contribution in [3.05, 3.63) is 70.8 Å². The van der Waals surface area contributed by atoms with E-state index in [1.165, 1.54) is 19.6 Å². The number of amides is 3. The van der Waals surface area contributed by atoms with Crippen molar-refractivity contribution in [3.8, 4) is 11.8 Å². The highest BCUT2D eigenvalue weighted by Gasteiger charge is 2.33. The number of likely N-dealkylation sites (N-methyl/N-ethyl adjacent to an activating group) is 2. The van der Waals surface area contributed by atoms with Gasteiger partial charge in [0.2, 0.25) is 0 Å². The number of hydrogen-bond acceptors (Lipinski definition) is 7. The number of carbonyl (C=O) groups is 3. The van der Waals surface area contributed by atoms with Crippen molar-refractivity contribution in [3.63, 3.8) is 0 Å². The largest absolute Gasteiger partial charge is 0.357 e. The van der Waals surface area contributed by atoms with Crippen molar-refractivity contribution in [2.45, 2.75) is 12.6 Å². The molecule has 5 N–H and O–H groups in total. The summed E-state index contributed by atoms with van der Waals surface area (Å²) in [4.78, 5) is 39.7. The molecule has 0 aromatic heterocycles. The van der Waals surface area contributed by atoms with Crippen LogP contribution in [0.15, 0.2) is 48.5 Å². The molecule has 1 heterocycles. The van der Waals surface area contributed by atoms with Crippen molar-refractivity contribution in [2.75, 3.05) is 38.7 Å². The van der Waals surface area contributed by atoms with Gasteiger partial charge in [-0.2, -0.15) is 10.6 Å². The van der Waals surface area contributed by atoms with Crippen molar-refractivity contribution in [2.24, 2.45) is 0 Å². The zero-order chi connectivity index (χ0) is 26.3. The number of hydroxylamine groups is 1. The predicted molar refractivity (Wildman–Crippen MR) is 137 cm³/mol. The molecule has 1 unspecified atom stereocenters. The predicted octanol–water partition coefficient (Wildman–Crippen LogP) is 1.34. The van der Waals surface area contributed by atoms with Crippen LogP contribution in [-0.4, -0.2) is 86.6 Å². The SMILES string of the molecule is CNC(=O)C(C(=O)NO)N(C)C(=O)c1ccc(C#Cc2ccc(CN3CCS(O)(O)CC3)cc2)cc1. The van der Waals surface area contributed by atoms with Gasteiger partial charge in [0.05, 0.1) is 11.5 Å². The molecule has 3 amide bonds. The maximum atomic E-state index is 12.7. The monoisotopic (exact) mass is 514 g/mol. The van der Waals surface area contributed by atoms with E-state index in [0.29, 0.717) is 30.2 Å². The Morgan fingerprint density at radius 2 is 1.50 bits per heavy atom. The lowest BCUT2D eigenvalue weighted by atomic mass is 10.1. The summed E-state index contributed by atoms with van der Waals surface area (Å²) in [7, 11) is 0.230. The molecule has 2 aromatic carbocycles. The average molecular weight is 515 g/mol. The van der Waals surface area contributed by atoms with Crippen LogP contribution in [0.5, 0.6) is 0 Å². The van der Waals surface area contributed by atoms with Crippen LogP contribution in [0.4, 0.5) is 0 Å². The van der Waals surface area contributed by atoms with Gasteiger partial charge < -0.3 is 10.2 Å². The molecule has 3 rings (SSSR count). The van der Waals surface area contributed by atoms with Crippen LogP contribution in [0.2, 0.25) is 0 Å². The topological polar surface area (TPSA) is 142 Å². The molecule has 0 spiro atoms. The molecule has 1 saturated heterocycles. The minimum absolute atomic E-state index is 0.256. The standard InChI is InChI=1S/C25H30N4O6S/c1-26-23(30)22(24(31)27-33)28(2)25(32)21-11-9-19(10-12-21)4-3-18-5-7-20(8-6-18)17-29-13-15-36(34,35)16-14-29/h5-12,22,33-35H,13-17H2,1-2H3,(H,26,30)(H,27,31). The number of nitrogens with zero attached hydrogens (tertiary/aromatic N) is 2. The van der Waals surface area contributed by atoms with Gasteiger partial charge in [-0.3, -0.25) is 33.6 Å². The summed E-state index contributed by atoms with van der Waals surface area (Å²) in [5, 5.41) is 11.2. The van der Waals surface area contributed by atoms with Crippen molar-refractivity contribution in [1.29, 1.82) is 0 Å². The molecule has 0 bridgehead atoms. The van der Waals surface area contributed by atoms with Crippen molar-refractivity contribution < 1.29 is 28.7 Å². The van der Waals surface area contributed by atoms with E-state index in [-0.39, 0.29) is 5.56 Å². The molecule has 1 fully saturated rings. The van der Waals surface area contributed by atoms with Gasteiger partial charge in [-0.1, -0.05) is 24.0 Å². The maximum Gasteiger partial charge on any atom is 0.275 e. The van der Waals surface area contributed by atoms with E-state index in [9.17, 15) is 23.5 Å². The van der Waals surface area contributed by atoms with E-state index in [1.54, 1.807) is 24.3 Å². The highest BCUT2D eigenvalue weighted by Crippen LogP contribution is 2.40. The third kappa shape index (κ3) is 7.07. The van der Waals surface area contributed by atoms with Crippen LogP contribution in [0, 0.1) is 11.8 Å². The highest BCUT2D eigenvalue weighted by atomic mass is 32.3. The molecular formula is C25H30N4O6S. The fourth-order valence-corrected chi connectivity index (χ4v) is 5.01. The van der Waals surface area contributed by atoms with Crippen molar-refractivity contribution in [1.82, 2.24) is 20.6 Å². The molecule has 1 atom stereocenters. The van der Waals surface area contributed by atoms with Crippen LogP contribution >= 0.6 is 10.6 Å². The van der Waals surface area contributed by atoms with Gasteiger partial charge >= 0.3 is 0 Å². The normalized spacial score (nSPS) is 16.6. The second-order valence-electron chi connectivity index (χ2n) is 8.42. The Hall–Kier alpha value is -3.40. The third-order valence-corrected chi connectivity index (χ3v) is 7.55. The van der Waals surface area contributed by atoms with Crippen LogP contribution in [0.25, 0.3) is 0 Å². The van der Waals surface area contributed by atoms with E-state index < -0.39 is 34.4 Å². The van der Waals surface area contributed by atoms with Gasteiger partial charge in [-0.25, -0.2) is 5.48 Å². The Bertz CT molecular complexity index is 1130. The Morgan fingerprint density at radius 3 is 2.00 bits per heavy atom. The lowest BCUT2D eigenvalue weighted by molar-refractivity contribution is -0.140. The van der Waals surface area contributed by atoms with Crippen molar-refractivity contribution >= 4 is 28.3 Å². The van der Waals surface area contributed by atoms with E-state index in [0.717, 1.165) is 22.6 Å². The zero-order valence-electron chi connectivity index (χ0n) is 20.1. The van der Waals surface area contributed by atoms with E-state index in [1.807, 2.05) is 24.3 Å². The van der Waals surface area contributed by atoms with Gasteiger partial charge in [0, 0.05) is 50.4 Å². The van der Waals surface area contributed by atoms with E-state index in [2.05, 4.69) is 22.1 Å². The van der Waals surface area contributed by atoms with Crippen LogP contribution in [0.3, 0.4) is 0 Å². The molecule has 11 heteroatoms. The summed E-state index contributed by atoms with van der Waals surface area (Å²) in [5.41, 5.74) is 4.29. The van der Waals surface area contributed by atoms with Crippen LogP contribution in [0.1, 0.15) is 27.0 Å². The second-order valence-corrected chi connectivity index (χ2v) is 10.8. The first-order chi connectivity index (χ1) is 17.1. The van der Waals surface area contributed by atoms with Gasteiger partial charge in [-0.05, 0) is 42.0 Å². The fourth-order valence-electron chi connectivity index (χ4n) is 3.70. The maximum absolute atomic E-state index is 12.7. The minimum atomic E-state index is -2.40. The molecule has 0 saturated carbocycles. The quantitative estimate of drug-likeness (QED) is 0.169. The second kappa shape index (κ2) is 12.0. The van der Waals surface area contributed by atoms with Crippen LogP contribution in [-0.2, 0) is 16.1 Å². The molecule has 2 aromatic rings. The van der Waals surface area contributed by atoms with Crippen LogP contribution < -0.4 is 10.8 Å². The molecule has 0 radical (unpaired) electrons. The zero-order valence-corrected chi connectivity index (χ0v) is 20.9. The number of benzene rings is 2. The number of nitrogens with one attached hydrogen (secondary N) is 2. The summed E-state index contributed by atoms with van der Waals surface area (Å²) in [6, 6.07) is 12.8. The number of rotatable bonds is 6. The molecular weight excluding hydrogens is 484 g/mol. The van der Waals surface area contributed by atoms with E-state index >= 15 is 0 Å². The van der Waals surface area contributed by atoms with Gasteiger partial charge in [0.25, 0.3) is 17.7 Å². The summed E-state index contributed by atoms with van der Waals surface area (Å²) in [5.74, 6) is 4.64. The summed E-state index contributed by atoms with van der Waals surface area (Å²) in [6.07, 6.45) is 0. The van der Waals surface area contributed by atoms with E-state index in [4.69, 9.17) is 5.21 Å². The molecule has 36 heavy (non-hydrogen) atoms. The third-order valence-electron chi connectivity index (χ3n) is 5.87. The Kier molecular flexibility index (Phi) is 9.08. The minimum Gasteiger partial charge on any atom is -0.357 e. The van der Waals surface area contributed by atoms with Gasteiger partial charge in [0.15, 0.2) is 6.04 Å². The molecule has 1 aliphatic heterocycles. The summed E-state index contributed by atoms with van der Waals surface area (Å²) >= 11 is 0. The average Bonchev–Trinajstić information content (AvgIpc) is 2.89. The smallest absolute Gasteiger partial charge is 0.275 e. The molecule has 10 nitrogen and oxygen atoms in total. The fraction of sp³-hybridized carbons (Fsp3) is 0.320. The Morgan fingerprint density at radius 1 is 0.972 bits per heavy atom. The molecule has 1 aliphatic rings. The van der Waals surface area contributed by atoms with Gasteiger partial charge in [-0.15, -0.1) is 0 Å². The highest BCUT2D eigenvalue weighted by molar-refractivity contribution is 8.24. The van der Waals surface area contributed by atoms with Gasteiger partial charge in [0.1, 0.15) is 0 Å². The first-order valence-electron chi connectivity index (χ1n) is 11.2. The summed E-state index contributed by atoms with van der Waals surface area (Å²) < 4.78 is 19.5. The lowest BCUT2D eigenvalue weighted by Gasteiger charge is -2.41.